The molecule has 0 aromatic rings. The van der Waals surface area contributed by atoms with Gasteiger partial charge in [-0.05, 0) is 0 Å². The molecule has 0 bridgehead atoms. The lowest BCUT2D eigenvalue weighted by molar-refractivity contribution is -0.330. The molecule has 7 heteroatoms. The molecule has 0 saturated carbocycles. The van der Waals surface area contributed by atoms with Crippen molar-refractivity contribution in [3.8, 4) is 0 Å². The zero-order chi connectivity index (χ0) is 10.2. The molecule has 0 spiro atoms. The highest BCUT2D eigenvalue weighted by atomic mass is 16.8. The van der Waals surface area contributed by atoms with Gasteiger partial charge < -0.3 is 35.4 Å². The van der Waals surface area contributed by atoms with Crippen molar-refractivity contribution in [2.75, 3.05) is 6.61 Å². The summed E-state index contributed by atoms with van der Waals surface area (Å²) in [7, 11) is 0. The Morgan fingerprint density at radius 3 is 2.23 bits per heavy atom. The Morgan fingerprint density at radius 2 is 1.92 bits per heavy atom. The Kier molecular flexibility index (Phi) is 2.46. The number of aliphatic hydroxyl groups excluding tert-OH is 4. The van der Waals surface area contributed by atoms with Crippen LogP contribution in [0.25, 0.3) is 0 Å². The van der Waals surface area contributed by atoms with E-state index in [4.69, 9.17) is 30.6 Å². The highest BCUT2D eigenvalue weighted by Gasteiger charge is 2.48. The average Bonchev–Trinajstić information content (AvgIpc) is 2.28. The van der Waals surface area contributed by atoms with Crippen LogP contribution >= 0.6 is 0 Å². The van der Waals surface area contributed by atoms with E-state index in [0.29, 0.717) is 0 Å². The fourth-order valence-electron chi connectivity index (χ4n) is 0.947. The van der Waals surface area contributed by atoms with Crippen LogP contribution in [0.1, 0.15) is 0 Å². The Bertz CT molecular complexity index is 233. The maximum absolute atomic E-state index is 9.01. The van der Waals surface area contributed by atoms with Crippen molar-refractivity contribution in [1.29, 1.82) is 0 Å². The normalized spacial score (nSPS) is 29.4. The zero-order valence-corrected chi connectivity index (χ0v) is 6.45. The molecule has 0 radical (unpaired) electrons. The smallest absolute Gasteiger partial charge is 0.344 e. The number of hydrogen-bond donors (Lipinski definition) is 6. The van der Waals surface area contributed by atoms with Crippen LogP contribution in [-0.2, 0) is 4.74 Å². The second kappa shape index (κ2) is 3.13. The Morgan fingerprint density at radius 1 is 1.38 bits per heavy atom. The van der Waals surface area contributed by atoms with Crippen molar-refractivity contribution in [2.24, 2.45) is 0 Å². The first-order valence-corrected chi connectivity index (χ1v) is 3.44. The monoisotopic (exact) mass is 194 g/mol. The standard InChI is InChI=1S/C6H10O7/c7-1-2(8)4-3(9)5(10)6(11,12)13-4/h2,4,7-12H,1H2/t2-,4+/m0/s1. The predicted molar refractivity (Wildman–Crippen MR) is 37.4 cm³/mol. The van der Waals surface area contributed by atoms with Gasteiger partial charge in [0.2, 0.25) is 5.76 Å². The van der Waals surface area contributed by atoms with Gasteiger partial charge in [0.1, 0.15) is 6.10 Å². The van der Waals surface area contributed by atoms with Crippen LogP contribution in [-0.4, -0.2) is 55.4 Å². The van der Waals surface area contributed by atoms with Gasteiger partial charge in [-0.2, -0.15) is 0 Å². The highest BCUT2D eigenvalue weighted by molar-refractivity contribution is 5.16. The summed E-state index contributed by atoms with van der Waals surface area (Å²) in [6.45, 7) is -0.752. The van der Waals surface area contributed by atoms with Crippen LogP contribution in [0.15, 0.2) is 11.5 Å². The van der Waals surface area contributed by atoms with Crippen molar-refractivity contribution in [3.05, 3.63) is 11.5 Å². The van der Waals surface area contributed by atoms with Gasteiger partial charge in [-0.1, -0.05) is 0 Å². The third-order valence-electron chi connectivity index (χ3n) is 1.65. The van der Waals surface area contributed by atoms with Crippen LogP contribution in [0.2, 0.25) is 0 Å². The molecule has 76 valence electrons. The van der Waals surface area contributed by atoms with Crippen LogP contribution in [0.4, 0.5) is 0 Å². The van der Waals surface area contributed by atoms with Gasteiger partial charge in [-0.15, -0.1) is 0 Å². The quantitative estimate of drug-likeness (QED) is 0.272. The third-order valence-corrected chi connectivity index (χ3v) is 1.65. The fraction of sp³-hybridized carbons (Fsp3) is 0.667. The van der Waals surface area contributed by atoms with E-state index in [0.717, 1.165) is 0 Å². The van der Waals surface area contributed by atoms with E-state index in [1.165, 1.54) is 0 Å². The summed E-state index contributed by atoms with van der Waals surface area (Å²) in [5, 5.41) is 52.9. The molecular formula is C6H10O7. The third kappa shape index (κ3) is 1.60. The topological polar surface area (TPSA) is 131 Å². The van der Waals surface area contributed by atoms with Gasteiger partial charge >= 0.3 is 5.97 Å². The average molecular weight is 194 g/mol. The van der Waals surface area contributed by atoms with Gasteiger partial charge in [-0.3, -0.25) is 0 Å². The number of aliphatic hydroxyl groups is 6. The summed E-state index contributed by atoms with van der Waals surface area (Å²) in [5.74, 6) is -5.11. The minimum absolute atomic E-state index is 0.752. The summed E-state index contributed by atoms with van der Waals surface area (Å²) in [6, 6.07) is 0. The molecule has 1 aliphatic rings. The van der Waals surface area contributed by atoms with Gasteiger partial charge in [0.15, 0.2) is 11.9 Å². The molecule has 13 heavy (non-hydrogen) atoms. The van der Waals surface area contributed by atoms with Crippen molar-refractivity contribution >= 4 is 0 Å². The van der Waals surface area contributed by atoms with E-state index in [1.807, 2.05) is 0 Å². The lowest BCUT2D eigenvalue weighted by atomic mass is 10.2. The van der Waals surface area contributed by atoms with Crippen LogP contribution in [0, 0.1) is 0 Å². The highest BCUT2D eigenvalue weighted by Crippen LogP contribution is 2.30. The number of hydrogen-bond acceptors (Lipinski definition) is 7. The predicted octanol–water partition coefficient (Wildman–Crippen LogP) is -2.30. The fourth-order valence-corrected chi connectivity index (χ4v) is 0.947. The zero-order valence-electron chi connectivity index (χ0n) is 6.45. The first-order valence-electron chi connectivity index (χ1n) is 3.44. The van der Waals surface area contributed by atoms with E-state index in [-0.39, 0.29) is 0 Å². The molecule has 0 aromatic carbocycles. The van der Waals surface area contributed by atoms with Crippen molar-refractivity contribution in [2.45, 2.75) is 18.2 Å². The summed E-state index contributed by atoms with van der Waals surface area (Å²) in [4.78, 5) is 0. The van der Waals surface area contributed by atoms with Crippen LogP contribution in [0.5, 0.6) is 0 Å². The van der Waals surface area contributed by atoms with E-state index in [9.17, 15) is 0 Å². The lowest BCUT2D eigenvalue weighted by Crippen LogP contribution is -2.37. The van der Waals surface area contributed by atoms with Crippen molar-refractivity contribution in [1.82, 2.24) is 0 Å². The Hall–Kier alpha value is -0.860. The largest absolute Gasteiger partial charge is 0.506 e. The molecule has 0 saturated heterocycles. The second-order valence-corrected chi connectivity index (χ2v) is 2.63. The van der Waals surface area contributed by atoms with Crippen molar-refractivity contribution in [3.63, 3.8) is 0 Å². The second-order valence-electron chi connectivity index (χ2n) is 2.63. The van der Waals surface area contributed by atoms with Crippen LogP contribution in [0.3, 0.4) is 0 Å². The molecule has 0 aromatic heterocycles. The first-order chi connectivity index (χ1) is 5.90. The molecule has 6 N–H and O–H groups in total. The lowest BCUT2D eigenvalue weighted by Gasteiger charge is -2.19. The van der Waals surface area contributed by atoms with Gasteiger partial charge in [0, 0.05) is 0 Å². The molecule has 1 heterocycles. The molecular weight excluding hydrogens is 184 g/mol. The van der Waals surface area contributed by atoms with E-state index in [2.05, 4.69) is 4.74 Å². The van der Waals surface area contributed by atoms with E-state index >= 15 is 0 Å². The van der Waals surface area contributed by atoms with E-state index in [1.54, 1.807) is 0 Å². The first kappa shape index (κ1) is 10.2. The molecule has 1 aliphatic heterocycles. The summed E-state index contributed by atoms with van der Waals surface area (Å²) in [6.07, 6.45) is -3.08. The SMILES string of the molecule is OC[C@H](O)[C@H]1OC(O)(O)C(O)=C1O. The molecule has 0 unspecified atom stereocenters. The minimum atomic E-state index is -3.01. The Balaban J connectivity index is 2.86. The minimum Gasteiger partial charge on any atom is -0.506 e. The molecule has 2 atom stereocenters. The molecule has 0 fully saturated rings. The van der Waals surface area contributed by atoms with Gasteiger partial charge in [0.25, 0.3) is 0 Å². The van der Waals surface area contributed by atoms with Crippen molar-refractivity contribution < 1.29 is 35.4 Å². The Labute approximate surface area is 72.7 Å². The van der Waals surface area contributed by atoms with Crippen LogP contribution < -0.4 is 0 Å². The van der Waals surface area contributed by atoms with Gasteiger partial charge in [-0.25, -0.2) is 0 Å². The number of ether oxygens (including phenoxy) is 1. The van der Waals surface area contributed by atoms with Gasteiger partial charge in [0.05, 0.1) is 6.61 Å². The van der Waals surface area contributed by atoms with E-state index < -0.39 is 36.3 Å². The summed E-state index contributed by atoms with van der Waals surface area (Å²) in [5.41, 5.74) is 0. The molecule has 7 nitrogen and oxygen atoms in total. The summed E-state index contributed by atoms with van der Waals surface area (Å²) < 4.78 is 4.25. The molecule has 1 rings (SSSR count). The molecule has 0 aliphatic carbocycles. The molecule has 0 amide bonds. The maximum atomic E-state index is 9.01. The number of rotatable bonds is 2. The maximum Gasteiger partial charge on any atom is 0.344 e. The summed E-state index contributed by atoms with van der Waals surface area (Å²) >= 11 is 0.